The molecule has 126 valence electrons. The average molecular weight is 329 g/mol. The minimum atomic E-state index is -0.228. The number of nitrogens with one attached hydrogen (secondary N) is 1. The smallest absolute Gasteiger partial charge is 0.321 e. The first-order chi connectivity index (χ1) is 11.7. The zero-order valence-electron chi connectivity index (χ0n) is 13.5. The third-order valence-electron chi connectivity index (χ3n) is 4.10. The van der Waals surface area contributed by atoms with Crippen molar-refractivity contribution >= 4 is 17.4 Å². The van der Waals surface area contributed by atoms with E-state index in [2.05, 4.69) is 5.32 Å². The Morgan fingerprint density at radius 2 is 1.71 bits per heavy atom. The fourth-order valence-electron chi connectivity index (χ4n) is 2.74. The van der Waals surface area contributed by atoms with E-state index >= 15 is 0 Å². The molecular weight excluding hydrogens is 309 g/mol. The lowest BCUT2D eigenvalue weighted by Gasteiger charge is -2.36. The van der Waals surface area contributed by atoms with E-state index < -0.39 is 0 Å². The second kappa shape index (κ2) is 7.21. The molecule has 0 aliphatic carbocycles. The SMILES string of the molecule is COc1ccc(NC(=O)N2CCN(c3ccccc3F)CC2)cc1. The van der Waals surface area contributed by atoms with Crippen LogP contribution in [-0.4, -0.2) is 44.2 Å². The highest BCUT2D eigenvalue weighted by Crippen LogP contribution is 2.21. The number of carbonyl (C=O) groups excluding carboxylic acids is 1. The van der Waals surface area contributed by atoms with Crippen LogP contribution in [0.2, 0.25) is 0 Å². The summed E-state index contributed by atoms with van der Waals surface area (Å²) in [7, 11) is 1.60. The molecule has 0 atom stereocenters. The molecule has 0 radical (unpaired) electrons. The van der Waals surface area contributed by atoms with Gasteiger partial charge in [0.15, 0.2) is 0 Å². The van der Waals surface area contributed by atoms with Gasteiger partial charge in [-0.05, 0) is 36.4 Å². The van der Waals surface area contributed by atoms with Crippen molar-refractivity contribution in [2.24, 2.45) is 0 Å². The Balaban J connectivity index is 1.56. The van der Waals surface area contributed by atoms with Gasteiger partial charge in [0, 0.05) is 31.9 Å². The molecule has 0 spiro atoms. The number of hydrogen-bond acceptors (Lipinski definition) is 3. The molecule has 2 aromatic rings. The lowest BCUT2D eigenvalue weighted by atomic mass is 10.2. The maximum absolute atomic E-state index is 13.8. The summed E-state index contributed by atoms with van der Waals surface area (Å²) in [6.45, 7) is 2.32. The van der Waals surface area contributed by atoms with Crippen LogP contribution in [0, 0.1) is 5.82 Å². The van der Waals surface area contributed by atoms with Gasteiger partial charge in [-0.1, -0.05) is 12.1 Å². The van der Waals surface area contributed by atoms with Gasteiger partial charge in [-0.3, -0.25) is 0 Å². The molecule has 0 bridgehead atoms. The second-order valence-corrected chi connectivity index (χ2v) is 5.58. The molecule has 6 heteroatoms. The predicted molar refractivity (Wildman–Crippen MR) is 92.2 cm³/mol. The molecule has 1 fully saturated rings. The molecule has 1 aliphatic heterocycles. The van der Waals surface area contributed by atoms with Crippen molar-refractivity contribution in [3.05, 3.63) is 54.3 Å². The van der Waals surface area contributed by atoms with Crippen molar-refractivity contribution < 1.29 is 13.9 Å². The van der Waals surface area contributed by atoms with Crippen molar-refractivity contribution in [3.63, 3.8) is 0 Å². The Hall–Kier alpha value is -2.76. The Morgan fingerprint density at radius 3 is 2.33 bits per heavy atom. The summed E-state index contributed by atoms with van der Waals surface area (Å²) in [6.07, 6.45) is 0. The average Bonchev–Trinajstić information content (AvgIpc) is 2.63. The van der Waals surface area contributed by atoms with E-state index in [9.17, 15) is 9.18 Å². The number of methoxy groups -OCH3 is 1. The quantitative estimate of drug-likeness (QED) is 0.940. The van der Waals surface area contributed by atoms with Gasteiger partial charge in [-0.15, -0.1) is 0 Å². The number of ether oxygens (including phenoxy) is 1. The van der Waals surface area contributed by atoms with Crippen LogP contribution in [0.5, 0.6) is 5.75 Å². The van der Waals surface area contributed by atoms with E-state index in [4.69, 9.17) is 4.74 Å². The number of rotatable bonds is 3. The summed E-state index contributed by atoms with van der Waals surface area (Å²) >= 11 is 0. The van der Waals surface area contributed by atoms with Gasteiger partial charge < -0.3 is 19.9 Å². The lowest BCUT2D eigenvalue weighted by molar-refractivity contribution is 0.208. The van der Waals surface area contributed by atoms with Crippen molar-refractivity contribution in [2.45, 2.75) is 0 Å². The molecule has 2 amide bonds. The zero-order valence-corrected chi connectivity index (χ0v) is 13.5. The van der Waals surface area contributed by atoms with Crippen LogP contribution in [-0.2, 0) is 0 Å². The number of piperazine rings is 1. The third-order valence-corrected chi connectivity index (χ3v) is 4.10. The van der Waals surface area contributed by atoms with Crippen molar-refractivity contribution in [2.75, 3.05) is 43.5 Å². The first-order valence-electron chi connectivity index (χ1n) is 7.87. The van der Waals surface area contributed by atoms with Gasteiger partial charge in [0.25, 0.3) is 0 Å². The largest absolute Gasteiger partial charge is 0.497 e. The number of hydrogen-bond donors (Lipinski definition) is 1. The first kappa shape index (κ1) is 16.1. The normalized spacial score (nSPS) is 14.4. The number of halogens is 1. The maximum Gasteiger partial charge on any atom is 0.321 e. The number of amides is 2. The summed E-state index contributed by atoms with van der Waals surface area (Å²) in [6, 6.07) is 13.8. The summed E-state index contributed by atoms with van der Waals surface area (Å²) in [5.74, 6) is 0.514. The Bertz CT molecular complexity index is 698. The topological polar surface area (TPSA) is 44.8 Å². The number of para-hydroxylation sites is 1. The monoisotopic (exact) mass is 329 g/mol. The van der Waals surface area contributed by atoms with Crippen LogP contribution in [0.4, 0.5) is 20.6 Å². The van der Waals surface area contributed by atoms with E-state index in [1.807, 2.05) is 11.0 Å². The van der Waals surface area contributed by atoms with Gasteiger partial charge in [0.1, 0.15) is 11.6 Å². The third kappa shape index (κ3) is 3.59. The van der Waals surface area contributed by atoms with E-state index in [0.29, 0.717) is 31.9 Å². The molecule has 5 nitrogen and oxygen atoms in total. The summed E-state index contributed by atoms with van der Waals surface area (Å²) < 4.78 is 18.9. The van der Waals surface area contributed by atoms with E-state index in [1.165, 1.54) is 6.07 Å². The standard InChI is InChI=1S/C18H20FN3O2/c1-24-15-8-6-14(7-9-15)20-18(23)22-12-10-21(11-13-22)17-5-3-2-4-16(17)19/h2-9H,10-13H2,1H3,(H,20,23). The molecule has 24 heavy (non-hydrogen) atoms. The minimum absolute atomic E-state index is 0.145. The van der Waals surface area contributed by atoms with Crippen LogP contribution >= 0.6 is 0 Å². The van der Waals surface area contributed by atoms with Gasteiger partial charge >= 0.3 is 6.03 Å². The van der Waals surface area contributed by atoms with E-state index in [-0.39, 0.29) is 11.8 Å². The minimum Gasteiger partial charge on any atom is -0.497 e. The highest BCUT2D eigenvalue weighted by atomic mass is 19.1. The van der Waals surface area contributed by atoms with Crippen LogP contribution in [0.1, 0.15) is 0 Å². The molecule has 1 saturated heterocycles. The van der Waals surface area contributed by atoms with Gasteiger partial charge in [-0.25, -0.2) is 9.18 Å². The molecule has 0 aromatic heterocycles. The van der Waals surface area contributed by atoms with Crippen LogP contribution in [0.25, 0.3) is 0 Å². The fourth-order valence-corrected chi connectivity index (χ4v) is 2.74. The summed E-state index contributed by atoms with van der Waals surface area (Å²) in [5.41, 5.74) is 1.31. The number of carbonyl (C=O) groups is 1. The van der Waals surface area contributed by atoms with Gasteiger partial charge in [0.05, 0.1) is 12.8 Å². The molecule has 1 N–H and O–H groups in total. The number of nitrogens with zero attached hydrogens (tertiary/aromatic N) is 2. The molecule has 1 heterocycles. The van der Waals surface area contributed by atoms with Crippen LogP contribution < -0.4 is 15.0 Å². The zero-order chi connectivity index (χ0) is 16.9. The summed E-state index contributed by atoms with van der Waals surface area (Å²) in [4.78, 5) is 16.0. The highest BCUT2D eigenvalue weighted by molar-refractivity contribution is 5.89. The van der Waals surface area contributed by atoms with Crippen molar-refractivity contribution in [3.8, 4) is 5.75 Å². The van der Waals surface area contributed by atoms with E-state index in [1.54, 1.807) is 48.4 Å². The molecule has 3 rings (SSSR count). The number of anilines is 2. The Morgan fingerprint density at radius 1 is 1.04 bits per heavy atom. The van der Waals surface area contributed by atoms with Crippen LogP contribution in [0.15, 0.2) is 48.5 Å². The van der Waals surface area contributed by atoms with Gasteiger partial charge in [0.2, 0.25) is 0 Å². The molecule has 0 unspecified atom stereocenters. The van der Waals surface area contributed by atoms with E-state index in [0.717, 1.165) is 11.4 Å². The first-order valence-corrected chi connectivity index (χ1v) is 7.87. The molecule has 1 aliphatic rings. The Labute approximate surface area is 140 Å². The van der Waals surface area contributed by atoms with Crippen LogP contribution in [0.3, 0.4) is 0 Å². The molecule has 2 aromatic carbocycles. The molecule has 0 saturated carbocycles. The predicted octanol–water partition coefficient (Wildman–Crippen LogP) is 3.19. The second-order valence-electron chi connectivity index (χ2n) is 5.58. The van der Waals surface area contributed by atoms with Crippen molar-refractivity contribution in [1.29, 1.82) is 0 Å². The fraction of sp³-hybridized carbons (Fsp3) is 0.278. The number of urea groups is 1. The molecular formula is C18H20FN3O2. The Kier molecular flexibility index (Phi) is 4.84. The van der Waals surface area contributed by atoms with Gasteiger partial charge in [-0.2, -0.15) is 0 Å². The lowest BCUT2D eigenvalue weighted by Crippen LogP contribution is -2.50. The maximum atomic E-state index is 13.8. The highest BCUT2D eigenvalue weighted by Gasteiger charge is 2.22. The number of benzene rings is 2. The van der Waals surface area contributed by atoms with Crippen molar-refractivity contribution in [1.82, 2.24) is 4.90 Å². The summed E-state index contributed by atoms with van der Waals surface area (Å²) in [5, 5.41) is 2.87.